The van der Waals surface area contributed by atoms with Crippen molar-refractivity contribution in [2.24, 2.45) is 0 Å². The SMILES string of the molecule is COC(OC)c1cc(Br)cc(OCc2ccccc2)c1. The molecule has 2 aromatic carbocycles. The summed E-state index contributed by atoms with van der Waals surface area (Å²) in [6, 6.07) is 15.8. The van der Waals surface area contributed by atoms with Crippen molar-refractivity contribution in [2.45, 2.75) is 12.9 Å². The summed E-state index contributed by atoms with van der Waals surface area (Å²) in [5.41, 5.74) is 2.04. The van der Waals surface area contributed by atoms with Crippen molar-refractivity contribution in [3.05, 3.63) is 64.1 Å². The van der Waals surface area contributed by atoms with E-state index in [0.717, 1.165) is 21.3 Å². The molecule has 0 spiro atoms. The summed E-state index contributed by atoms with van der Waals surface area (Å²) in [4.78, 5) is 0. The van der Waals surface area contributed by atoms with Gasteiger partial charge in [-0.25, -0.2) is 0 Å². The molecule has 2 aromatic rings. The molecule has 0 saturated carbocycles. The number of rotatable bonds is 6. The molecule has 3 nitrogen and oxygen atoms in total. The number of halogens is 1. The zero-order valence-electron chi connectivity index (χ0n) is 11.5. The molecule has 4 heteroatoms. The Morgan fingerprint density at radius 1 is 1.00 bits per heavy atom. The predicted octanol–water partition coefficient (Wildman–Crippen LogP) is 4.32. The van der Waals surface area contributed by atoms with Gasteiger partial charge >= 0.3 is 0 Å². The van der Waals surface area contributed by atoms with Gasteiger partial charge in [-0.05, 0) is 23.8 Å². The van der Waals surface area contributed by atoms with Crippen LogP contribution >= 0.6 is 15.9 Å². The van der Waals surface area contributed by atoms with Crippen LogP contribution in [0.3, 0.4) is 0 Å². The molecule has 0 aliphatic rings. The van der Waals surface area contributed by atoms with E-state index in [1.807, 2.05) is 48.5 Å². The average molecular weight is 337 g/mol. The number of hydrogen-bond donors (Lipinski definition) is 0. The van der Waals surface area contributed by atoms with E-state index in [0.29, 0.717) is 6.61 Å². The molecule has 0 aromatic heterocycles. The van der Waals surface area contributed by atoms with Gasteiger partial charge in [-0.15, -0.1) is 0 Å². The zero-order valence-corrected chi connectivity index (χ0v) is 13.1. The van der Waals surface area contributed by atoms with Crippen LogP contribution in [0.1, 0.15) is 17.4 Å². The zero-order chi connectivity index (χ0) is 14.4. The monoisotopic (exact) mass is 336 g/mol. The van der Waals surface area contributed by atoms with Gasteiger partial charge in [-0.3, -0.25) is 0 Å². The third-order valence-corrected chi connectivity index (χ3v) is 3.30. The van der Waals surface area contributed by atoms with Crippen LogP contribution in [0.25, 0.3) is 0 Å². The summed E-state index contributed by atoms with van der Waals surface area (Å²) in [5.74, 6) is 0.775. The Balaban J connectivity index is 2.12. The van der Waals surface area contributed by atoms with Crippen LogP contribution in [0.15, 0.2) is 53.0 Å². The second kappa shape index (κ2) is 7.43. The Bertz CT molecular complexity index is 539. The molecular weight excluding hydrogens is 320 g/mol. The van der Waals surface area contributed by atoms with Crippen molar-refractivity contribution in [1.29, 1.82) is 0 Å². The first-order chi connectivity index (χ1) is 9.72. The van der Waals surface area contributed by atoms with Gasteiger partial charge in [0, 0.05) is 24.3 Å². The van der Waals surface area contributed by atoms with E-state index in [2.05, 4.69) is 15.9 Å². The minimum atomic E-state index is -0.397. The number of ether oxygens (including phenoxy) is 3. The first-order valence-corrected chi connectivity index (χ1v) is 7.05. The molecule has 0 heterocycles. The van der Waals surface area contributed by atoms with Crippen molar-refractivity contribution >= 4 is 15.9 Å². The quantitative estimate of drug-likeness (QED) is 0.735. The number of methoxy groups -OCH3 is 2. The van der Waals surface area contributed by atoms with Gasteiger partial charge in [0.15, 0.2) is 6.29 Å². The lowest BCUT2D eigenvalue weighted by molar-refractivity contribution is -0.106. The van der Waals surface area contributed by atoms with Crippen LogP contribution in [-0.2, 0) is 16.1 Å². The summed E-state index contributed by atoms with van der Waals surface area (Å²) in [6.45, 7) is 0.529. The van der Waals surface area contributed by atoms with E-state index in [9.17, 15) is 0 Å². The maximum absolute atomic E-state index is 5.81. The maximum atomic E-state index is 5.81. The van der Waals surface area contributed by atoms with Crippen molar-refractivity contribution in [3.8, 4) is 5.75 Å². The van der Waals surface area contributed by atoms with Crippen LogP contribution in [0.4, 0.5) is 0 Å². The third-order valence-electron chi connectivity index (χ3n) is 2.84. The fourth-order valence-electron chi connectivity index (χ4n) is 1.91. The summed E-state index contributed by atoms with van der Waals surface area (Å²) in [5, 5.41) is 0. The first kappa shape index (κ1) is 15.0. The molecule has 0 fully saturated rings. The lowest BCUT2D eigenvalue weighted by atomic mass is 10.2. The van der Waals surface area contributed by atoms with Gasteiger partial charge in [0.05, 0.1) is 0 Å². The third kappa shape index (κ3) is 4.07. The maximum Gasteiger partial charge on any atom is 0.183 e. The Labute approximate surface area is 127 Å². The Kier molecular flexibility index (Phi) is 5.59. The molecule has 0 saturated heterocycles. The Morgan fingerprint density at radius 3 is 2.35 bits per heavy atom. The molecule has 106 valence electrons. The summed E-state index contributed by atoms with van der Waals surface area (Å²) < 4.78 is 17.3. The highest BCUT2D eigenvalue weighted by molar-refractivity contribution is 9.10. The highest BCUT2D eigenvalue weighted by atomic mass is 79.9. The molecule has 0 N–H and O–H groups in total. The normalized spacial score (nSPS) is 10.8. The van der Waals surface area contributed by atoms with Gasteiger partial charge < -0.3 is 14.2 Å². The minimum Gasteiger partial charge on any atom is -0.489 e. The smallest absolute Gasteiger partial charge is 0.183 e. The Morgan fingerprint density at radius 2 is 1.70 bits per heavy atom. The van der Waals surface area contributed by atoms with Gasteiger partial charge in [0.25, 0.3) is 0 Å². The van der Waals surface area contributed by atoms with Crippen molar-refractivity contribution < 1.29 is 14.2 Å². The van der Waals surface area contributed by atoms with E-state index < -0.39 is 6.29 Å². The van der Waals surface area contributed by atoms with Gasteiger partial charge in [0.2, 0.25) is 0 Å². The van der Waals surface area contributed by atoms with Gasteiger partial charge in [0.1, 0.15) is 12.4 Å². The van der Waals surface area contributed by atoms with Crippen molar-refractivity contribution in [3.63, 3.8) is 0 Å². The second-order valence-electron chi connectivity index (χ2n) is 4.30. The lowest BCUT2D eigenvalue weighted by Crippen LogP contribution is -2.04. The molecule has 0 bridgehead atoms. The number of benzene rings is 2. The second-order valence-corrected chi connectivity index (χ2v) is 5.21. The van der Waals surface area contributed by atoms with Crippen LogP contribution < -0.4 is 4.74 Å². The van der Waals surface area contributed by atoms with Gasteiger partial charge in [-0.2, -0.15) is 0 Å². The molecule has 0 aliphatic carbocycles. The topological polar surface area (TPSA) is 27.7 Å². The lowest BCUT2D eigenvalue weighted by Gasteiger charge is -2.15. The number of hydrogen-bond acceptors (Lipinski definition) is 3. The van der Waals surface area contributed by atoms with Crippen LogP contribution in [0.2, 0.25) is 0 Å². The average Bonchev–Trinajstić information content (AvgIpc) is 2.47. The predicted molar refractivity (Wildman–Crippen MR) is 81.7 cm³/mol. The van der Waals surface area contributed by atoms with Crippen LogP contribution in [0, 0.1) is 0 Å². The van der Waals surface area contributed by atoms with E-state index in [1.165, 1.54) is 0 Å². The fraction of sp³-hybridized carbons (Fsp3) is 0.250. The van der Waals surface area contributed by atoms with E-state index in [1.54, 1.807) is 14.2 Å². The van der Waals surface area contributed by atoms with E-state index in [4.69, 9.17) is 14.2 Å². The minimum absolute atomic E-state index is 0.397. The highest BCUT2D eigenvalue weighted by Gasteiger charge is 2.11. The molecule has 0 radical (unpaired) electrons. The summed E-state index contributed by atoms with van der Waals surface area (Å²) >= 11 is 3.47. The largest absolute Gasteiger partial charge is 0.489 e. The van der Waals surface area contributed by atoms with Crippen molar-refractivity contribution in [2.75, 3.05) is 14.2 Å². The van der Waals surface area contributed by atoms with Crippen LogP contribution in [0.5, 0.6) is 5.75 Å². The van der Waals surface area contributed by atoms with Gasteiger partial charge in [-0.1, -0.05) is 46.3 Å². The molecular formula is C16H17BrO3. The summed E-state index contributed by atoms with van der Waals surface area (Å²) in [6.07, 6.45) is -0.397. The van der Waals surface area contributed by atoms with E-state index in [-0.39, 0.29) is 0 Å². The van der Waals surface area contributed by atoms with Crippen molar-refractivity contribution in [1.82, 2.24) is 0 Å². The Hall–Kier alpha value is -1.36. The first-order valence-electron chi connectivity index (χ1n) is 6.25. The standard InChI is InChI=1S/C16H17BrO3/c1-18-16(19-2)13-8-14(17)10-15(9-13)20-11-12-6-4-3-5-7-12/h3-10,16H,11H2,1-2H3. The van der Waals surface area contributed by atoms with E-state index >= 15 is 0 Å². The highest BCUT2D eigenvalue weighted by Crippen LogP contribution is 2.27. The molecule has 20 heavy (non-hydrogen) atoms. The molecule has 0 atom stereocenters. The molecule has 0 amide bonds. The molecule has 0 unspecified atom stereocenters. The molecule has 0 aliphatic heterocycles. The fourth-order valence-corrected chi connectivity index (χ4v) is 2.40. The summed E-state index contributed by atoms with van der Waals surface area (Å²) in [7, 11) is 3.22. The van der Waals surface area contributed by atoms with Crippen LogP contribution in [-0.4, -0.2) is 14.2 Å². The molecule has 2 rings (SSSR count).